The topological polar surface area (TPSA) is 35.5 Å². The Morgan fingerprint density at radius 1 is 1.89 bits per heavy atom. The predicted octanol–water partition coefficient (Wildman–Crippen LogP) is 0.462. The van der Waals surface area contributed by atoms with Crippen LogP contribution in [-0.4, -0.2) is 18.7 Å². The van der Waals surface area contributed by atoms with Gasteiger partial charge < -0.3 is 9.47 Å². The number of cyclic esters (lactones) is 1. The molecule has 1 rings (SSSR count). The van der Waals surface area contributed by atoms with Gasteiger partial charge in [0, 0.05) is 0 Å². The highest BCUT2D eigenvalue weighted by molar-refractivity contribution is 5.71. The Bertz CT molecular complexity index is 130. The molecule has 0 spiro atoms. The third-order valence-corrected chi connectivity index (χ3v) is 1.11. The van der Waals surface area contributed by atoms with E-state index in [9.17, 15) is 4.79 Å². The Labute approximate surface area is 53.3 Å². The molecular weight excluding hydrogens is 120 g/mol. The van der Waals surface area contributed by atoms with Crippen molar-refractivity contribution >= 4 is 5.97 Å². The van der Waals surface area contributed by atoms with Crippen molar-refractivity contribution in [2.45, 2.75) is 12.5 Å². The van der Waals surface area contributed by atoms with Gasteiger partial charge in [0.05, 0.1) is 12.7 Å². The van der Waals surface area contributed by atoms with Gasteiger partial charge >= 0.3 is 5.97 Å². The van der Waals surface area contributed by atoms with Crippen molar-refractivity contribution in [3.63, 3.8) is 0 Å². The minimum Gasteiger partial charge on any atom is -0.494 e. The second-order valence-electron chi connectivity index (χ2n) is 1.81. The van der Waals surface area contributed by atoms with Gasteiger partial charge in [0.15, 0.2) is 0 Å². The van der Waals surface area contributed by atoms with E-state index in [1.165, 1.54) is 6.26 Å². The fraction of sp³-hybridized carbons (Fsp3) is 0.500. The molecule has 0 saturated carbocycles. The summed E-state index contributed by atoms with van der Waals surface area (Å²) in [5.41, 5.74) is 0. The minimum absolute atomic E-state index is 0.102. The molecule has 1 atom stereocenters. The second-order valence-corrected chi connectivity index (χ2v) is 1.81. The Morgan fingerprint density at radius 3 is 3.11 bits per heavy atom. The van der Waals surface area contributed by atoms with E-state index >= 15 is 0 Å². The van der Waals surface area contributed by atoms with Crippen LogP contribution < -0.4 is 0 Å². The first-order chi connectivity index (χ1) is 4.33. The molecule has 0 aromatic heterocycles. The summed E-state index contributed by atoms with van der Waals surface area (Å²) in [7, 11) is 0. The van der Waals surface area contributed by atoms with Crippen molar-refractivity contribution < 1.29 is 14.3 Å². The Balaban J connectivity index is 2.29. The summed E-state index contributed by atoms with van der Waals surface area (Å²) in [5.74, 6) is -0.193. The summed E-state index contributed by atoms with van der Waals surface area (Å²) in [6.45, 7) is 3.73. The second kappa shape index (κ2) is 2.53. The zero-order valence-corrected chi connectivity index (χ0v) is 5.00. The number of rotatable bonds is 2. The molecule has 50 valence electrons. The van der Waals surface area contributed by atoms with E-state index < -0.39 is 0 Å². The monoisotopic (exact) mass is 128 g/mol. The summed E-state index contributed by atoms with van der Waals surface area (Å²) in [6, 6.07) is 0. The third kappa shape index (κ3) is 1.45. The summed E-state index contributed by atoms with van der Waals surface area (Å²) >= 11 is 0. The fourth-order valence-corrected chi connectivity index (χ4v) is 0.713. The summed E-state index contributed by atoms with van der Waals surface area (Å²) in [6.07, 6.45) is 1.58. The van der Waals surface area contributed by atoms with E-state index in [4.69, 9.17) is 4.74 Å². The molecule has 1 aliphatic rings. The van der Waals surface area contributed by atoms with Crippen molar-refractivity contribution in [1.82, 2.24) is 0 Å². The van der Waals surface area contributed by atoms with Crippen molar-refractivity contribution in [3.05, 3.63) is 12.8 Å². The molecule has 1 aliphatic heterocycles. The van der Waals surface area contributed by atoms with Crippen LogP contribution in [0.5, 0.6) is 0 Å². The van der Waals surface area contributed by atoms with E-state index in [1.54, 1.807) is 0 Å². The first-order valence-electron chi connectivity index (χ1n) is 2.75. The smallest absolute Gasteiger partial charge is 0.309 e. The lowest BCUT2D eigenvalue weighted by atomic mass is 10.3. The zero-order valence-electron chi connectivity index (χ0n) is 5.00. The number of esters is 1. The lowest BCUT2D eigenvalue weighted by Gasteiger charge is -2.02. The normalized spacial score (nSPS) is 25.3. The summed E-state index contributed by atoms with van der Waals surface area (Å²) < 4.78 is 9.50. The highest BCUT2D eigenvalue weighted by Gasteiger charge is 2.23. The molecule has 0 radical (unpaired) electrons. The van der Waals surface area contributed by atoms with Crippen molar-refractivity contribution in [3.8, 4) is 0 Å². The average molecular weight is 128 g/mol. The molecule has 9 heavy (non-hydrogen) atoms. The molecule has 0 aliphatic carbocycles. The van der Waals surface area contributed by atoms with Crippen LogP contribution in [-0.2, 0) is 14.3 Å². The predicted molar refractivity (Wildman–Crippen MR) is 30.6 cm³/mol. The van der Waals surface area contributed by atoms with Gasteiger partial charge in [-0.3, -0.25) is 4.79 Å². The molecule has 3 nitrogen and oxygen atoms in total. The van der Waals surface area contributed by atoms with Crippen LogP contribution in [0.15, 0.2) is 12.8 Å². The maximum Gasteiger partial charge on any atom is 0.309 e. The molecule has 0 amide bonds. The van der Waals surface area contributed by atoms with Crippen molar-refractivity contribution in [1.29, 1.82) is 0 Å². The SMILES string of the molecule is C=COC1COC(=O)C1. The number of carbonyl (C=O) groups is 1. The summed E-state index contributed by atoms with van der Waals surface area (Å²) in [5, 5.41) is 0. The van der Waals surface area contributed by atoms with Crippen LogP contribution in [0.4, 0.5) is 0 Å². The maximum absolute atomic E-state index is 10.4. The number of ether oxygens (including phenoxy) is 2. The minimum atomic E-state index is -0.193. The van der Waals surface area contributed by atoms with Crippen LogP contribution in [0.25, 0.3) is 0 Å². The zero-order chi connectivity index (χ0) is 6.69. The first kappa shape index (κ1) is 6.13. The van der Waals surface area contributed by atoms with E-state index in [0.717, 1.165) is 0 Å². The molecule has 1 saturated heterocycles. The molecule has 1 unspecified atom stereocenters. The van der Waals surface area contributed by atoms with Gasteiger partial charge in [0.1, 0.15) is 12.7 Å². The number of hydrogen-bond acceptors (Lipinski definition) is 3. The van der Waals surface area contributed by atoms with Gasteiger partial charge in [-0.1, -0.05) is 6.58 Å². The molecule has 1 heterocycles. The van der Waals surface area contributed by atoms with Gasteiger partial charge in [0.2, 0.25) is 0 Å². The molecular formula is C6H8O3. The first-order valence-corrected chi connectivity index (χ1v) is 2.75. The van der Waals surface area contributed by atoms with E-state index in [2.05, 4.69) is 11.3 Å². The quantitative estimate of drug-likeness (QED) is 0.400. The standard InChI is InChI=1S/C6H8O3/c1-2-8-5-3-6(7)9-4-5/h2,5H,1,3-4H2. The molecule has 3 heteroatoms. The molecule has 1 fully saturated rings. The van der Waals surface area contributed by atoms with Gasteiger partial charge in [-0.05, 0) is 0 Å². The molecule has 0 aromatic carbocycles. The highest BCUT2D eigenvalue weighted by atomic mass is 16.6. The lowest BCUT2D eigenvalue weighted by Crippen LogP contribution is -2.07. The van der Waals surface area contributed by atoms with Gasteiger partial charge in [0.25, 0.3) is 0 Å². The fourth-order valence-electron chi connectivity index (χ4n) is 0.713. The number of hydrogen-bond donors (Lipinski definition) is 0. The van der Waals surface area contributed by atoms with Crippen LogP contribution >= 0.6 is 0 Å². The van der Waals surface area contributed by atoms with Gasteiger partial charge in [-0.15, -0.1) is 0 Å². The average Bonchev–Trinajstić information content (AvgIpc) is 2.17. The third-order valence-electron chi connectivity index (χ3n) is 1.11. The molecule has 0 N–H and O–H groups in total. The Morgan fingerprint density at radius 2 is 2.67 bits per heavy atom. The van der Waals surface area contributed by atoms with Crippen LogP contribution in [0.3, 0.4) is 0 Å². The van der Waals surface area contributed by atoms with Crippen LogP contribution in [0.2, 0.25) is 0 Å². The number of carbonyl (C=O) groups excluding carboxylic acids is 1. The van der Waals surface area contributed by atoms with Crippen molar-refractivity contribution in [2.75, 3.05) is 6.61 Å². The van der Waals surface area contributed by atoms with Crippen LogP contribution in [0.1, 0.15) is 6.42 Å². The van der Waals surface area contributed by atoms with Crippen LogP contribution in [0, 0.1) is 0 Å². The highest BCUT2D eigenvalue weighted by Crippen LogP contribution is 2.09. The van der Waals surface area contributed by atoms with Gasteiger partial charge in [-0.25, -0.2) is 0 Å². The Kier molecular flexibility index (Phi) is 1.72. The Hall–Kier alpha value is -0.990. The van der Waals surface area contributed by atoms with Crippen molar-refractivity contribution in [2.24, 2.45) is 0 Å². The van der Waals surface area contributed by atoms with E-state index in [0.29, 0.717) is 13.0 Å². The van der Waals surface area contributed by atoms with E-state index in [-0.39, 0.29) is 12.1 Å². The largest absolute Gasteiger partial charge is 0.494 e. The molecule has 0 bridgehead atoms. The molecule has 0 aromatic rings. The van der Waals surface area contributed by atoms with Gasteiger partial charge in [-0.2, -0.15) is 0 Å². The maximum atomic E-state index is 10.4. The lowest BCUT2D eigenvalue weighted by molar-refractivity contribution is -0.137. The van der Waals surface area contributed by atoms with E-state index in [1.807, 2.05) is 0 Å². The summed E-state index contributed by atoms with van der Waals surface area (Å²) in [4.78, 5) is 10.4.